The quantitative estimate of drug-likeness (QED) is 0.434. The molecule has 0 radical (unpaired) electrons. The number of ether oxygens (including phenoxy) is 3. The number of urea groups is 1. The van der Waals surface area contributed by atoms with E-state index in [1.165, 1.54) is 24.2 Å². The number of carboxylic acids is 1. The lowest BCUT2D eigenvalue weighted by Crippen LogP contribution is -2.68. The van der Waals surface area contributed by atoms with E-state index in [1.807, 2.05) is 31.2 Å². The maximum Gasteiger partial charge on any atom is 0.330 e. The number of carboxylic acid groups (broad SMARTS) is 1. The van der Waals surface area contributed by atoms with Crippen LogP contribution in [-0.2, 0) is 19.1 Å². The van der Waals surface area contributed by atoms with E-state index in [0.717, 1.165) is 10.5 Å². The van der Waals surface area contributed by atoms with Crippen LogP contribution in [-0.4, -0.2) is 81.7 Å². The van der Waals surface area contributed by atoms with Crippen molar-refractivity contribution in [1.29, 1.82) is 0 Å². The topological polar surface area (TPSA) is 132 Å². The number of oxazole rings is 1. The first kappa shape index (κ1) is 28.8. The van der Waals surface area contributed by atoms with Crippen LogP contribution in [0.4, 0.5) is 4.79 Å². The molecule has 2 saturated heterocycles. The zero-order valence-electron chi connectivity index (χ0n) is 23.7. The molecular weight excluding hydrogens is 562 g/mol. The van der Waals surface area contributed by atoms with Crippen molar-refractivity contribution >= 4 is 34.6 Å². The van der Waals surface area contributed by atoms with Crippen molar-refractivity contribution in [3.05, 3.63) is 53.8 Å². The van der Waals surface area contributed by atoms with E-state index in [2.05, 4.69) is 4.98 Å². The summed E-state index contributed by atoms with van der Waals surface area (Å²) in [5, 5.41) is 9.81. The summed E-state index contributed by atoms with van der Waals surface area (Å²) in [6.45, 7) is 3.09. The first-order valence-electron chi connectivity index (χ1n) is 14.4. The number of fused-ring (bicyclic) bond motifs is 1. The standard InChI is InChI=1S/C30H35N3O8S/c1-18-23-26(34)33(30(28(35)36)11-5-6-12-30)29(37)32(27(23)42-24(18)25-31-13-16-40-25)17-22(41-19-9-14-39-15-10-19)20-7-3-4-8-21(20)38-2/h3-4,7-8,13,16,19,22-23,27H,5-6,9-12,14-15,17H2,1-2H3,(H,35,36). The van der Waals surface area contributed by atoms with Gasteiger partial charge < -0.3 is 28.6 Å². The Hall–Kier alpha value is -3.35. The minimum Gasteiger partial charge on any atom is -0.496 e. The molecular formula is C30H35N3O8S. The minimum absolute atomic E-state index is 0.0936. The molecule has 3 fully saturated rings. The van der Waals surface area contributed by atoms with Gasteiger partial charge in [-0.15, -0.1) is 0 Å². The first-order valence-corrected chi connectivity index (χ1v) is 15.2. The fourth-order valence-electron chi connectivity index (χ4n) is 6.65. The monoisotopic (exact) mass is 597 g/mol. The van der Waals surface area contributed by atoms with Crippen molar-refractivity contribution in [2.75, 3.05) is 26.9 Å². The van der Waals surface area contributed by atoms with E-state index >= 15 is 0 Å². The number of hydrogen-bond donors (Lipinski definition) is 1. The minimum atomic E-state index is -1.59. The Morgan fingerprint density at radius 1 is 1.21 bits per heavy atom. The molecule has 1 saturated carbocycles. The molecule has 3 atom stereocenters. The van der Waals surface area contributed by atoms with Gasteiger partial charge in [0.25, 0.3) is 0 Å². The Morgan fingerprint density at radius 2 is 1.95 bits per heavy atom. The largest absolute Gasteiger partial charge is 0.496 e. The highest BCUT2D eigenvalue weighted by Crippen LogP contribution is 2.53. The molecule has 42 heavy (non-hydrogen) atoms. The van der Waals surface area contributed by atoms with Gasteiger partial charge in [-0.2, -0.15) is 0 Å². The Kier molecular flexibility index (Phi) is 8.03. The van der Waals surface area contributed by atoms with Gasteiger partial charge in [-0.05, 0) is 44.2 Å². The van der Waals surface area contributed by atoms with Crippen LogP contribution in [0.3, 0.4) is 0 Å². The lowest BCUT2D eigenvalue weighted by atomic mass is 9.88. The predicted molar refractivity (Wildman–Crippen MR) is 152 cm³/mol. The van der Waals surface area contributed by atoms with Gasteiger partial charge in [0.15, 0.2) is 0 Å². The van der Waals surface area contributed by atoms with Crippen LogP contribution in [0.5, 0.6) is 5.75 Å². The number of para-hydroxylation sites is 1. The number of methoxy groups -OCH3 is 1. The van der Waals surface area contributed by atoms with E-state index in [0.29, 0.717) is 61.0 Å². The highest BCUT2D eigenvalue weighted by molar-refractivity contribution is 8.09. The van der Waals surface area contributed by atoms with Crippen LogP contribution < -0.4 is 4.74 Å². The van der Waals surface area contributed by atoms with Gasteiger partial charge in [-0.1, -0.05) is 42.8 Å². The smallest absolute Gasteiger partial charge is 0.330 e. The second-order valence-corrected chi connectivity index (χ2v) is 12.3. The molecule has 4 heterocycles. The first-order chi connectivity index (χ1) is 20.4. The lowest BCUT2D eigenvalue weighted by molar-refractivity contribution is -0.160. The molecule has 4 aliphatic rings. The molecule has 3 unspecified atom stereocenters. The predicted octanol–water partition coefficient (Wildman–Crippen LogP) is 4.70. The van der Waals surface area contributed by atoms with Crippen LogP contribution >= 0.6 is 11.8 Å². The number of nitrogens with zero attached hydrogens (tertiary/aromatic N) is 3. The van der Waals surface area contributed by atoms with Crippen molar-refractivity contribution in [3.63, 3.8) is 0 Å². The molecule has 6 rings (SSSR count). The number of aliphatic carboxylic acids is 1. The van der Waals surface area contributed by atoms with Crippen molar-refractivity contribution in [2.24, 2.45) is 5.92 Å². The number of carbonyl (C=O) groups excluding carboxylic acids is 2. The van der Waals surface area contributed by atoms with Gasteiger partial charge in [0, 0.05) is 18.8 Å². The second kappa shape index (κ2) is 11.7. The molecule has 3 aliphatic heterocycles. The number of amides is 3. The van der Waals surface area contributed by atoms with E-state index in [1.54, 1.807) is 12.0 Å². The fraction of sp³-hybridized carbons (Fsp3) is 0.533. The average molecular weight is 598 g/mol. The lowest BCUT2D eigenvalue weighted by Gasteiger charge is -2.48. The zero-order valence-corrected chi connectivity index (χ0v) is 24.5. The Bertz CT molecular complexity index is 1370. The molecule has 0 bridgehead atoms. The molecule has 12 heteroatoms. The van der Waals surface area contributed by atoms with Gasteiger partial charge >= 0.3 is 12.0 Å². The van der Waals surface area contributed by atoms with Crippen LogP contribution in [0.1, 0.15) is 63.0 Å². The molecule has 0 spiro atoms. The molecule has 11 nitrogen and oxygen atoms in total. The van der Waals surface area contributed by atoms with Gasteiger partial charge in [0.1, 0.15) is 23.7 Å². The number of rotatable bonds is 9. The zero-order chi connectivity index (χ0) is 29.4. The molecule has 1 N–H and O–H groups in total. The van der Waals surface area contributed by atoms with Crippen molar-refractivity contribution in [3.8, 4) is 5.75 Å². The number of carbonyl (C=O) groups is 3. The second-order valence-electron chi connectivity index (χ2n) is 11.2. The third-order valence-electron chi connectivity index (χ3n) is 8.84. The highest BCUT2D eigenvalue weighted by Gasteiger charge is 2.61. The number of thioether (sulfide) groups is 1. The SMILES string of the molecule is COc1ccccc1C(CN1C(=O)N(C2(C(=O)O)CCCC2)C(=O)C2C(C)=C(c3ncco3)SC21)OC1CCOCC1. The number of aromatic nitrogens is 1. The number of hydrogen-bond acceptors (Lipinski definition) is 9. The maximum atomic E-state index is 14.5. The Labute approximate surface area is 248 Å². The van der Waals surface area contributed by atoms with Gasteiger partial charge in [0.05, 0.1) is 42.2 Å². The van der Waals surface area contributed by atoms with Gasteiger partial charge in [-0.3, -0.25) is 4.79 Å². The average Bonchev–Trinajstić information content (AvgIpc) is 3.77. The fourth-order valence-corrected chi connectivity index (χ4v) is 8.17. The molecule has 2 aromatic rings. The molecule has 1 aromatic heterocycles. The van der Waals surface area contributed by atoms with Crippen LogP contribution in [0.15, 0.2) is 46.7 Å². The number of benzene rings is 1. The van der Waals surface area contributed by atoms with Crippen LogP contribution in [0, 0.1) is 5.92 Å². The van der Waals surface area contributed by atoms with Crippen molar-refractivity contribution in [2.45, 2.75) is 68.6 Å². The Balaban J connectivity index is 1.42. The molecule has 1 aliphatic carbocycles. The van der Waals surface area contributed by atoms with E-state index in [9.17, 15) is 19.5 Å². The summed E-state index contributed by atoms with van der Waals surface area (Å²) in [5.74, 6) is -1.41. The summed E-state index contributed by atoms with van der Waals surface area (Å²) >= 11 is 1.35. The normalized spacial score (nSPS) is 25.2. The summed E-state index contributed by atoms with van der Waals surface area (Å²) < 4.78 is 23.5. The van der Waals surface area contributed by atoms with E-state index < -0.39 is 40.8 Å². The van der Waals surface area contributed by atoms with E-state index in [4.69, 9.17) is 18.6 Å². The number of imide groups is 1. The highest BCUT2D eigenvalue weighted by atomic mass is 32.2. The van der Waals surface area contributed by atoms with Gasteiger partial charge in [-0.25, -0.2) is 19.5 Å². The summed E-state index contributed by atoms with van der Waals surface area (Å²) in [7, 11) is 1.59. The summed E-state index contributed by atoms with van der Waals surface area (Å²) in [6, 6.07) is 6.91. The molecule has 224 valence electrons. The molecule has 1 aromatic carbocycles. The summed E-state index contributed by atoms with van der Waals surface area (Å²) in [4.78, 5) is 49.1. The van der Waals surface area contributed by atoms with E-state index in [-0.39, 0.29) is 25.5 Å². The van der Waals surface area contributed by atoms with Crippen molar-refractivity contribution < 1.29 is 38.1 Å². The Morgan fingerprint density at radius 3 is 2.62 bits per heavy atom. The third-order valence-corrected chi connectivity index (χ3v) is 10.3. The van der Waals surface area contributed by atoms with Crippen molar-refractivity contribution in [1.82, 2.24) is 14.8 Å². The maximum absolute atomic E-state index is 14.5. The van der Waals surface area contributed by atoms with Crippen LogP contribution in [0.2, 0.25) is 0 Å². The summed E-state index contributed by atoms with van der Waals surface area (Å²) in [6.07, 6.45) is 5.42. The van der Waals surface area contributed by atoms with Crippen LogP contribution in [0.25, 0.3) is 4.91 Å². The molecule has 3 amide bonds. The third kappa shape index (κ3) is 4.88. The summed E-state index contributed by atoms with van der Waals surface area (Å²) in [5.41, 5.74) is -0.110. The van der Waals surface area contributed by atoms with Gasteiger partial charge in [0.2, 0.25) is 11.8 Å².